The van der Waals surface area contributed by atoms with Crippen LogP contribution in [0.15, 0.2) is 43.0 Å². The van der Waals surface area contributed by atoms with Gasteiger partial charge in [0, 0.05) is 37.6 Å². The lowest BCUT2D eigenvalue weighted by molar-refractivity contribution is -0.127. The number of nitrogens with one attached hydrogen (secondary N) is 1. The summed E-state index contributed by atoms with van der Waals surface area (Å²) in [5.74, 6) is 0.820. The molecule has 4 rings (SSSR count). The zero-order chi connectivity index (χ0) is 18.1. The molecule has 2 amide bonds. The van der Waals surface area contributed by atoms with Gasteiger partial charge in [0.15, 0.2) is 0 Å². The number of rotatable bonds is 6. The third-order valence-electron chi connectivity index (χ3n) is 5.22. The van der Waals surface area contributed by atoms with Crippen LogP contribution in [-0.2, 0) is 16.1 Å². The Kier molecular flexibility index (Phi) is 4.14. The average Bonchev–Trinajstić information content (AvgIpc) is 3.07. The first-order valence-corrected chi connectivity index (χ1v) is 8.81. The molecule has 1 aliphatic carbocycles. The second-order valence-corrected chi connectivity index (χ2v) is 7.09. The van der Waals surface area contributed by atoms with Gasteiger partial charge in [0.1, 0.15) is 5.75 Å². The van der Waals surface area contributed by atoms with Crippen LogP contribution in [0, 0.1) is 5.41 Å². The second-order valence-electron chi connectivity index (χ2n) is 7.09. The van der Waals surface area contributed by atoms with Crippen LogP contribution in [0.5, 0.6) is 5.75 Å². The van der Waals surface area contributed by atoms with Crippen molar-refractivity contribution >= 4 is 17.5 Å². The van der Waals surface area contributed by atoms with Gasteiger partial charge in [-0.2, -0.15) is 0 Å². The first-order chi connectivity index (χ1) is 12.6. The number of anilines is 1. The van der Waals surface area contributed by atoms with Gasteiger partial charge in [0.05, 0.1) is 24.9 Å². The number of benzene rings is 1. The second kappa shape index (κ2) is 6.48. The molecule has 26 heavy (non-hydrogen) atoms. The minimum absolute atomic E-state index is 0.0277. The van der Waals surface area contributed by atoms with E-state index in [0.29, 0.717) is 19.5 Å². The van der Waals surface area contributed by atoms with Gasteiger partial charge in [0.25, 0.3) is 0 Å². The molecule has 0 radical (unpaired) electrons. The standard InChI is InChI=1S/C19H22N4O3/c1-26-16-4-2-15(3-5-16)23-11-14(10-17(23)24)21-18(25)19(6-7-19)12-22-9-8-20-13-22/h2-5,8-9,13-14H,6-7,10-12H2,1H3,(H,21,25). The predicted molar refractivity (Wildman–Crippen MR) is 95.8 cm³/mol. The molecule has 1 saturated heterocycles. The molecule has 1 aromatic heterocycles. The molecule has 1 aliphatic heterocycles. The fourth-order valence-electron chi connectivity index (χ4n) is 3.49. The van der Waals surface area contributed by atoms with Crippen molar-refractivity contribution in [2.24, 2.45) is 5.41 Å². The summed E-state index contributed by atoms with van der Waals surface area (Å²) in [5.41, 5.74) is 0.476. The Balaban J connectivity index is 1.38. The summed E-state index contributed by atoms with van der Waals surface area (Å²) in [7, 11) is 1.61. The summed E-state index contributed by atoms with van der Waals surface area (Å²) in [6, 6.07) is 7.24. The number of hydrogen-bond donors (Lipinski definition) is 1. The fourth-order valence-corrected chi connectivity index (χ4v) is 3.49. The highest BCUT2D eigenvalue weighted by molar-refractivity contribution is 5.97. The Labute approximate surface area is 152 Å². The van der Waals surface area contributed by atoms with Crippen molar-refractivity contribution in [3.05, 3.63) is 43.0 Å². The maximum atomic E-state index is 12.8. The molecule has 1 atom stereocenters. The van der Waals surface area contributed by atoms with Gasteiger partial charge in [0.2, 0.25) is 11.8 Å². The molecule has 136 valence electrons. The minimum atomic E-state index is -0.350. The highest BCUT2D eigenvalue weighted by atomic mass is 16.5. The van der Waals surface area contributed by atoms with E-state index in [1.54, 1.807) is 24.5 Å². The molecule has 7 nitrogen and oxygen atoms in total. The highest BCUT2D eigenvalue weighted by Gasteiger charge is 2.51. The van der Waals surface area contributed by atoms with Gasteiger partial charge in [-0.1, -0.05) is 0 Å². The summed E-state index contributed by atoms with van der Waals surface area (Å²) in [6.45, 7) is 1.14. The zero-order valence-electron chi connectivity index (χ0n) is 14.7. The van der Waals surface area contributed by atoms with Gasteiger partial charge < -0.3 is 19.5 Å². The van der Waals surface area contributed by atoms with Crippen LogP contribution in [0.4, 0.5) is 5.69 Å². The van der Waals surface area contributed by atoms with Gasteiger partial charge in [-0.15, -0.1) is 0 Å². The van der Waals surface area contributed by atoms with E-state index in [-0.39, 0.29) is 23.3 Å². The molecule has 1 aromatic carbocycles. The molecular weight excluding hydrogens is 332 g/mol. The van der Waals surface area contributed by atoms with Crippen LogP contribution in [0.25, 0.3) is 0 Å². The number of aromatic nitrogens is 2. The third kappa shape index (κ3) is 3.16. The SMILES string of the molecule is COc1ccc(N2CC(NC(=O)C3(Cn4ccnc4)CC3)CC2=O)cc1. The van der Waals surface area contributed by atoms with Crippen LogP contribution in [0.2, 0.25) is 0 Å². The Bertz CT molecular complexity index is 797. The quantitative estimate of drug-likeness (QED) is 0.855. The third-order valence-corrected chi connectivity index (χ3v) is 5.22. The van der Waals surface area contributed by atoms with Crippen molar-refractivity contribution in [1.82, 2.24) is 14.9 Å². The topological polar surface area (TPSA) is 76.5 Å². The Morgan fingerprint density at radius 2 is 2.12 bits per heavy atom. The number of carbonyl (C=O) groups excluding carboxylic acids is 2. The predicted octanol–water partition coefficient (Wildman–Crippen LogP) is 1.59. The van der Waals surface area contributed by atoms with E-state index in [9.17, 15) is 9.59 Å². The number of amides is 2. The van der Waals surface area contributed by atoms with E-state index in [1.807, 2.05) is 35.0 Å². The molecule has 2 aromatic rings. The molecule has 0 bridgehead atoms. The fraction of sp³-hybridized carbons (Fsp3) is 0.421. The molecule has 1 N–H and O–H groups in total. The lowest BCUT2D eigenvalue weighted by atomic mass is 10.1. The van der Waals surface area contributed by atoms with Crippen LogP contribution in [-0.4, -0.2) is 41.1 Å². The van der Waals surface area contributed by atoms with Crippen LogP contribution in [0.3, 0.4) is 0 Å². The van der Waals surface area contributed by atoms with Crippen molar-refractivity contribution in [3.8, 4) is 5.75 Å². The molecule has 2 fully saturated rings. The normalized spacial score (nSPS) is 20.9. The number of nitrogens with zero attached hydrogens (tertiary/aromatic N) is 3. The van der Waals surface area contributed by atoms with E-state index in [4.69, 9.17) is 4.74 Å². The van der Waals surface area contributed by atoms with Gasteiger partial charge in [-0.25, -0.2) is 4.98 Å². The summed E-state index contributed by atoms with van der Waals surface area (Å²) in [6.07, 6.45) is 7.41. The Morgan fingerprint density at radius 3 is 2.73 bits per heavy atom. The Hall–Kier alpha value is -2.83. The lowest BCUT2D eigenvalue weighted by Gasteiger charge is -2.20. The average molecular weight is 354 g/mol. The molecule has 7 heteroatoms. The summed E-state index contributed by atoms with van der Waals surface area (Å²) < 4.78 is 7.09. The van der Waals surface area contributed by atoms with E-state index < -0.39 is 0 Å². The van der Waals surface area contributed by atoms with Gasteiger partial charge in [-0.05, 0) is 37.1 Å². The number of hydrogen-bond acceptors (Lipinski definition) is 4. The highest BCUT2D eigenvalue weighted by Crippen LogP contribution is 2.47. The van der Waals surface area contributed by atoms with Crippen molar-refractivity contribution < 1.29 is 14.3 Å². The largest absolute Gasteiger partial charge is 0.497 e. The number of methoxy groups -OCH3 is 1. The van der Waals surface area contributed by atoms with Crippen molar-refractivity contribution in [2.75, 3.05) is 18.6 Å². The summed E-state index contributed by atoms with van der Waals surface area (Å²) >= 11 is 0. The van der Waals surface area contributed by atoms with E-state index >= 15 is 0 Å². The monoisotopic (exact) mass is 354 g/mol. The Morgan fingerprint density at radius 1 is 1.35 bits per heavy atom. The number of carbonyl (C=O) groups is 2. The minimum Gasteiger partial charge on any atom is -0.497 e. The van der Waals surface area contributed by atoms with Crippen molar-refractivity contribution in [2.45, 2.75) is 31.8 Å². The van der Waals surface area contributed by atoms with E-state index in [1.165, 1.54) is 0 Å². The van der Waals surface area contributed by atoms with Crippen LogP contribution in [0.1, 0.15) is 19.3 Å². The van der Waals surface area contributed by atoms with Gasteiger partial charge >= 0.3 is 0 Å². The van der Waals surface area contributed by atoms with Crippen molar-refractivity contribution in [3.63, 3.8) is 0 Å². The summed E-state index contributed by atoms with van der Waals surface area (Å²) in [4.78, 5) is 30.9. The van der Waals surface area contributed by atoms with Crippen LogP contribution >= 0.6 is 0 Å². The number of imidazole rings is 1. The molecule has 2 heterocycles. The van der Waals surface area contributed by atoms with Gasteiger partial charge in [-0.3, -0.25) is 9.59 Å². The molecule has 0 spiro atoms. The van der Waals surface area contributed by atoms with Crippen LogP contribution < -0.4 is 15.0 Å². The lowest BCUT2D eigenvalue weighted by Crippen LogP contribution is -2.42. The number of ether oxygens (including phenoxy) is 1. The first kappa shape index (κ1) is 16.6. The maximum absolute atomic E-state index is 12.8. The van der Waals surface area contributed by atoms with E-state index in [0.717, 1.165) is 24.3 Å². The van der Waals surface area contributed by atoms with E-state index in [2.05, 4.69) is 10.3 Å². The zero-order valence-corrected chi connectivity index (χ0v) is 14.7. The molecule has 1 saturated carbocycles. The first-order valence-electron chi connectivity index (χ1n) is 8.81. The molecule has 1 unspecified atom stereocenters. The molecule has 2 aliphatic rings. The summed E-state index contributed by atoms with van der Waals surface area (Å²) in [5, 5.41) is 3.09. The maximum Gasteiger partial charge on any atom is 0.229 e. The molecular formula is C19H22N4O3. The van der Waals surface area contributed by atoms with Crippen molar-refractivity contribution in [1.29, 1.82) is 0 Å². The smallest absolute Gasteiger partial charge is 0.229 e.